The van der Waals surface area contributed by atoms with Gasteiger partial charge in [0.2, 0.25) is 5.91 Å². The molecule has 0 aliphatic carbocycles. The number of anilines is 1. The third-order valence-corrected chi connectivity index (χ3v) is 3.13. The van der Waals surface area contributed by atoms with Gasteiger partial charge in [0.1, 0.15) is 11.5 Å². The zero-order valence-corrected chi connectivity index (χ0v) is 12.5. The lowest BCUT2D eigenvalue weighted by molar-refractivity contribution is -0.115. The van der Waals surface area contributed by atoms with Crippen LogP contribution in [0.3, 0.4) is 0 Å². The fourth-order valence-corrected chi connectivity index (χ4v) is 2.10. The second-order valence-corrected chi connectivity index (χ2v) is 4.78. The molecule has 110 valence electrons. The molecule has 0 spiro atoms. The number of methoxy groups -OCH3 is 2. The Labute approximate surface area is 124 Å². The summed E-state index contributed by atoms with van der Waals surface area (Å²) in [6.45, 7) is 2.01. The van der Waals surface area contributed by atoms with Gasteiger partial charge in [0, 0.05) is 6.07 Å². The van der Waals surface area contributed by atoms with Crippen LogP contribution >= 0.6 is 0 Å². The van der Waals surface area contributed by atoms with E-state index in [1.165, 1.54) is 0 Å². The molecule has 0 atom stereocenters. The summed E-state index contributed by atoms with van der Waals surface area (Å²) in [4.78, 5) is 12.1. The van der Waals surface area contributed by atoms with Gasteiger partial charge in [-0.2, -0.15) is 0 Å². The zero-order chi connectivity index (χ0) is 15.2. The van der Waals surface area contributed by atoms with Crippen molar-refractivity contribution >= 4 is 11.6 Å². The first kappa shape index (κ1) is 14.9. The predicted octanol–water partition coefficient (Wildman–Crippen LogP) is 3.19. The minimum Gasteiger partial charge on any atom is -0.497 e. The molecule has 0 bridgehead atoms. The quantitative estimate of drug-likeness (QED) is 0.917. The van der Waals surface area contributed by atoms with Crippen LogP contribution in [0.2, 0.25) is 0 Å². The van der Waals surface area contributed by atoms with Crippen LogP contribution in [-0.2, 0) is 11.2 Å². The van der Waals surface area contributed by atoms with Gasteiger partial charge in [0.15, 0.2) is 0 Å². The Morgan fingerprint density at radius 3 is 2.57 bits per heavy atom. The van der Waals surface area contributed by atoms with Crippen LogP contribution in [0.15, 0.2) is 42.5 Å². The minimum absolute atomic E-state index is 0.0796. The standard InChI is InChI=1S/C17H19NO3/c1-12-5-4-6-13(9-12)10-17(19)18-15-8-7-14(20-2)11-16(15)21-3/h4-9,11H,10H2,1-3H3,(H,18,19). The lowest BCUT2D eigenvalue weighted by atomic mass is 10.1. The number of ether oxygens (including phenoxy) is 2. The van der Waals surface area contributed by atoms with Crippen LogP contribution in [-0.4, -0.2) is 20.1 Å². The summed E-state index contributed by atoms with van der Waals surface area (Å²) in [7, 11) is 3.15. The fourth-order valence-electron chi connectivity index (χ4n) is 2.10. The smallest absolute Gasteiger partial charge is 0.228 e. The Kier molecular flexibility index (Phi) is 4.82. The van der Waals surface area contributed by atoms with Crippen LogP contribution in [0.5, 0.6) is 11.5 Å². The summed E-state index contributed by atoms with van der Waals surface area (Å²) in [6, 6.07) is 13.2. The molecule has 1 amide bonds. The molecule has 0 saturated carbocycles. The van der Waals surface area contributed by atoms with Crippen LogP contribution in [0.25, 0.3) is 0 Å². The number of carbonyl (C=O) groups is 1. The van der Waals surface area contributed by atoms with Crippen molar-refractivity contribution in [3.63, 3.8) is 0 Å². The first-order chi connectivity index (χ1) is 10.1. The lowest BCUT2D eigenvalue weighted by Gasteiger charge is -2.11. The lowest BCUT2D eigenvalue weighted by Crippen LogP contribution is -2.15. The molecular weight excluding hydrogens is 266 g/mol. The summed E-state index contributed by atoms with van der Waals surface area (Å²) in [5.41, 5.74) is 2.76. The van der Waals surface area contributed by atoms with E-state index < -0.39 is 0 Å². The molecule has 0 aromatic heterocycles. The number of rotatable bonds is 5. The zero-order valence-electron chi connectivity index (χ0n) is 12.5. The molecule has 0 unspecified atom stereocenters. The van der Waals surface area contributed by atoms with E-state index in [-0.39, 0.29) is 5.91 Å². The van der Waals surface area contributed by atoms with Crippen molar-refractivity contribution < 1.29 is 14.3 Å². The number of nitrogens with one attached hydrogen (secondary N) is 1. The SMILES string of the molecule is COc1ccc(NC(=O)Cc2cccc(C)c2)c(OC)c1. The molecule has 4 nitrogen and oxygen atoms in total. The molecule has 0 radical (unpaired) electrons. The van der Waals surface area contributed by atoms with Crippen molar-refractivity contribution in [3.05, 3.63) is 53.6 Å². The van der Waals surface area contributed by atoms with Crippen LogP contribution in [0.1, 0.15) is 11.1 Å². The van der Waals surface area contributed by atoms with Crippen molar-refractivity contribution in [1.29, 1.82) is 0 Å². The molecule has 0 heterocycles. The largest absolute Gasteiger partial charge is 0.497 e. The monoisotopic (exact) mass is 285 g/mol. The van der Waals surface area contributed by atoms with Gasteiger partial charge in [0.05, 0.1) is 26.3 Å². The Hall–Kier alpha value is -2.49. The number of hydrogen-bond acceptors (Lipinski definition) is 3. The van der Waals surface area contributed by atoms with Crippen LogP contribution < -0.4 is 14.8 Å². The van der Waals surface area contributed by atoms with E-state index in [4.69, 9.17) is 9.47 Å². The highest BCUT2D eigenvalue weighted by atomic mass is 16.5. The predicted molar refractivity (Wildman–Crippen MR) is 83.1 cm³/mol. The van der Waals surface area contributed by atoms with Gasteiger partial charge in [-0.25, -0.2) is 0 Å². The highest BCUT2D eigenvalue weighted by molar-refractivity contribution is 5.93. The summed E-state index contributed by atoms with van der Waals surface area (Å²) >= 11 is 0. The maximum Gasteiger partial charge on any atom is 0.228 e. The minimum atomic E-state index is -0.0796. The van der Waals surface area contributed by atoms with Crippen molar-refractivity contribution in [2.45, 2.75) is 13.3 Å². The Bertz CT molecular complexity index is 638. The number of amides is 1. The van der Waals surface area contributed by atoms with Crippen molar-refractivity contribution in [3.8, 4) is 11.5 Å². The second kappa shape index (κ2) is 6.79. The van der Waals surface area contributed by atoms with E-state index in [2.05, 4.69) is 5.32 Å². The van der Waals surface area contributed by atoms with E-state index >= 15 is 0 Å². The molecule has 2 aromatic rings. The van der Waals surface area contributed by atoms with Crippen molar-refractivity contribution in [1.82, 2.24) is 0 Å². The van der Waals surface area contributed by atoms with E-state index in [0.29, 0.717) is 23.6 Å². The van der Waals surface area contributed by atoms with E-state index in [1.807, 2.05) is 31.2 Å². The third-order valence-electron chi connectivity index (χ3n) is 3.13. The summed E-state index contributed by atoms with van der Waals surface area (Å²) < 4.78 is 10.4. The summed E-state index contributed by atoms with van der Waals surface area (Å²) in [5.74, 6) is 1.18. The van der Waals surface area contributed by atoms with Crippen LogP contribution in [0.4, 0.5) is 5.69 Å². The van der Waals surface area contributed by atoms with Gasteiger partial charge >= 0.3 is 0 Å². The average molecular weight is 285 g/mol. The summed E-state index contributed by atoms with van der Waals surface area (Å²) in [5, 5.41) is 2.86. The Morgan fingerprint density at radius 2 is 1.90 bits per heavy atom. The maximum absolute atomic E-state index is 12.1. The van der Waals surface area contributed by atoms with E-state index in [0.717, 1.165) is 11.1 Å². The van der Waals surface area contributed by atoms with E-state index in [9.17, 15) is 4.79 Å². The van der Waals surface area contributed by atoms with Crippen molar-refractivity contribution in [2.75, 3.05) is 19.5 Å². The topological polar surface area (TPSA) is 47.6 Å². The molecule has 0 aliphatic heterocycles. The Morgan fingerprint density at radius 1 is 1.10 bits per heavy atom. The number of carbonyl (C=O) groups excluding carboxylic acids is 1. The molecule has 2 aromatic carbocycles. The molecule has 1 N–H and O–H groups in total. The molecule has 4 heteroatoms. The first-order valence-electron chi connectivity index (χ1n) is 6.70. The molecule has 21 heavy (non-hydrogen) atoms. The highest BCUT2D eigenvalue weighted by Gasteiger charge is 2.09. The number of benzene rings is 2. The van der Waals surface area contributed by atoms with Gasteiger partial charge in [-0.3, -0.25) is 4.79 Å². The normalized spacial score (nSPS) is 10.0. The summed E-state index contributed by atoms with van der Waals surface area (Å²) in [6.07, 6.45) is 0.330. The molecule has 0 fully saturated rings. The molecule has 2 rings (SSSR count). The molecule has 0 aliphatic rings. The number of hydrogen-bond donors (Lipinski definition) is 1. The first-order valence-corrected chi connectivity index (χ1v) is 6.70. The highest BCUT2D eigenvalue weighted by Crippen LogP contribution is 2.29. The van der Waals surface area contributed by atoms with Crippen LogP contribution in [0, 0.1) is 6.92 Å². The van der Waals surface area contributed by atoms with Gasteiger partial charge < -0.3 is 14.8 Å². The van der Waals surface area contributed by atoms with Gasteiger partial charge in [-0.05, 0) is 24.6 Å². The number of aryl methyl sites for hydroxylation is 1. The van der Waals surface area contributed by atoms with Gasteiger partial charge in [-0.1, -0.05) is 29.8 Å². The van der Waals surface area contributed by atoms with Crippen molar-refractivity contribution in [2.24, 2.45) is 0 Å². The second-order valence-electron chi connectivity index (χ2n) is 4.78. The molecule has 0 saturated heterocycles. The third kappa shape index (κ3) is 3.99. The van der Waals surface area contributed by atoms with Gasteiger partial charge in [0.25, 0.3) is 0 Å². The van der Waals surface area contributed by atoms with E-state index in [1.54, 1.807) is 32.4 Å². The fraction of sp³-hybridized carbons (Fsp3) is 0.235. The Balaban J connectivity index is 2.09. The maximum atomic E-state index is 12.1. The van der Waals surface area contributed by atoms with Gasteiger partial charge in [-0.15, -0.1) is 0 Å². The average Bonchev–Trinajstić information content (AvgIpc) is 2.47. The molecular formula is C17H19NO3.